The summed E-state index contributed by atoms with van der Waals surface area (Å²) in [6.45, 7) is 5.70. The van der Waals surface area contributed by atoms with Crippen LogP contribution in [-0.4, -0.2) is 90.9 Å². The number of likely N-dealkylation sites (tertiary alicyclic amines) is 1. The van der Waals surface area contributed by atoms with Gasteiger partial charge in [0.05, 0.1) is 30.8 Å². The second-order valence-electron chi connectivity index (χ2n) is 9.74. The summed E-state index contributed by atoms with van der Waals surface area (Å²) in [6, 6.07) is 1.98. The first-order chi connectivity index (χ1) is 16.8. The Hall–Kier alpha value is -2.65. The van der Waals surface area contributed by atoms with Crippen molar-refractivity contribution >= 4 is 21.9 Å². The van der Waals surface area contributed by atoms with Crippen LogP contribution in [0.15, 0.2) is 12.4 Å². The Balaban J connectivity index is 1.17. The smallest absolute Gasteiger partial charge is 0.410 e. The van der Waals surface area contributed by atoms with Crippen LogP contribution in [0.5, 0.6) is 5.88 Å². The van der Waals surface area contributed by atoms with Gasteiger partial charge in [-0.1, -0.05) is 0 Å². The van der Waals surface area contributed by atoms with E-state index >= 15 is 0 Å². The summed E-state index contributed by atoms with van der Waals surface area (Å²) in [6.07, 6.45) is 7.28. The van der Waals surface area contributed by atoms with Crippen LogP contribution in [0, 0.1) is 17.2 Å². The minimum absolute atomic E-state index is 0.00888. The molecule has 11 nitrogen and oxygen atoms in total. The minimum atomic E-state index is -3.33. The number of rotatable bonds is 9. The molecule has 2 saturated heterocycles. The molecule has 3 aliphatic rings. The zero-order valence-electron chi connectivity index (χ0n) is 20.3. The first-order valence-corrected chi connectivity index (χ1v) is 13.9. The number of carbonyl (C=O) groups excluding carboxylic acids is 1. The quantitative estimate of drug-likeness (QED) is 0.462. The first kappa shape index (κ1) is 25.4. The standard InChI is InChI=1S/C23H34N6O5S/c1-23(6-7-23)34-22(30)28-9-4-19(5-10-28)18-33-21-17-25-20(16-26-21)27-11-13-29(14-12-27)35(31,32)15-3-2-8-24/h16-17,19H,2-7,9-15,18H2,1H3. The molecule has 0 N–H and O–H groups in total. The molecule has 2 aliphatic heterocycles. The van der Waals surface area contributed by atoms with E-state index in [9.17, 15) is 13.2 Å². The molecule has 4 rings (SSSR count). The van der Waals surface area contributed by atoms with Crippen molar-refractivity contribution < 1.29 is 22.7 Å². The number of nitrogens with zero attached hydrogens (tertiary/aromatic N) is 6. The van der Waals surface area contributed by atoms with Gasteiger partial charge in [0.25, 0.3) is 0 Å². The van der Waals surface area contributed by atoms with Gasteiger partial charge < -0.3 is 19.3 Å². The van der Waals surface area contributed by atoms with Crippen molar-refractivity contribution in [3.63, 3.8) is 0 Å². The molecule has 0 unspecified atom stereocenters. The van der Waals surface area contributed by atoms with Gasteiger partial charge in [-0.2, -0.15) is 9.57 Å². The van der Waals surface area contributed by atoms with Gasteiger partial charge in [-0.25, -0.2) is 23.2 Å². The van der Waals surface area contributed by atoms with Gasteiger partial charge in [0.15, 0.2) is 0 Å². The van der Waals surface area contributed by atoms with E-state index in [4.69, 9.17) is 14.7 Å². The number of piperidine rings is 1. The molecule has 1 aliphatic carbocycles. The van der Waals surface area contributed by atoms with Gasteiger partial charge in [-0.3, -0.25) is 0 Å². The van der Waals surface area contributed by atoms with E-state index in [1.54, 1.807) is 17.3 Å². The normalized spacial score (nSPS) is 20.8. The number of ether oxygens (including phenoxy) is 2. The molecule has 0 aromatic carbocycles. The Labute approximate surface area is 207 Å². The molecule has 192 valence electrons. The highest BCUT2D eigenvalue weighted by molar-refractivity contribution is 7.89. The number of hydrogen-bond donors (Lipinski definition) is 0. The number of piperazine rings is 1. The van der Waals surface area contributed by atoms with E-state index in [0.717, 1.165) is 25.7 Å². The summed E-state index contributed by atoms with van der Waals surface area (Å²) in [5.74, 6) is 1.50. The highest BCUT2D eigenvalue weighted by Crippen LogP contribution is 2.39. The van der Waals surface area contributed by atoms with Gasteiger partial charge >= 0.3 is 6.09 Å². The Bertz CT molecular complexity index is 1010. The van der Waals surface area contributed by atoms with Gasteiger partial charge in [-0.05, 0) is 44.9 Å². The fourth-order valence-electron chi connectivity index (χ4n) is 4.24. The Kier molecular flexibility index (Phi) is 7.96. The van der Waals surface area contributed by atoms with Crippen molar-refractivity contribution in [2.24, 2.45) is 5.92 Å². The third-order valence-electron chi connectivity index (χ3n) is 6.89. The van der Waals surface area contributed by atoms with Crippen molar-refractivity contribution in [3.05, 3.63) is 12.4 Å². The summed E-state index contributed by atoms with van der Waals surface area (Å²) in [5.41, 5.74) is -0.244. The molecular weight excluding hydrogens is 472 g/mol. The largest absolute Gasteiger partial charge is 0.476 e. The first-order valence-electron chi connectivity index (χ1n) is 12.3. The third-order valence-corrected chi connectivity index (χ3v) is 8.85. The van der Waals surface area contributed by atoms with Crippen LogP contribution in [0.1, 0.15) is 45.4 Å². The monoisotopic (exact) mass is 506 g/mol. The highest BCUT2D eigenvalue weighted by atomic mass is 32.2. The zero-order chi connectivity index (χ0) is 24.9. The number of hydrogen-bond acceptors (Lipinski definition) is 9. The second-order valence-corrected chi connectivity index (χ2v) is 11.8. The molecule has 1 saturated carbocycles. The molecule has 12 heteroatoms. The molecule has 35 heavy (non-hydrogen) atoms. The number of sulfonamides is 1. The fraction of sp³-hybridized carbons (Fsp3) is 0.739. The predicted octanol–water partition coefficient (Wildman–Crippen LogP) is 2.01. The number of aromatic nitrogens is 2. The number of nitriles is 1. The number of unbranched alkanes of at least 4 members (excludes halogenated alkanes) is 1. The lowest BCUT2D eigenvalue weighted by Crippen LogP contribution is -2.49. The molecule has 0 atom stereocenters. The maximum atomic E-state index is 12.4. The molecule has 3 fully saturated rings. The fourth-order valence-corrected chi connectivity index (χ4v) is 5.73. The minimum Gasteiger partial charge on any atom is -0.476 e. The maximum Gasteiger partial charge on any atom is 0.410 e. The lowest BCUT2D eigenvalue weighted by molar-refractivity contribution is 0.0454. The molecule has 1 aromatic rings. The molecule has 1 amide bonds. The third kappa shape index (κ3) is 6.95. The maximum absolute atomic E-state index is 12.4. The summed E-state index contributed by atoms with van der Waals surface area (Å²) in [4.78, 5) is 24.8. The lowest BCUT2D eigenvalue weighted by atomic mass is 9.98. The topological polar surface area (TPSA) is 129 Å². The van der Waals surface area contributed by atoms with E-state index in [1.165, 1.54) is 4.31 Å². The van der Waals surface area contributed by atoms with Crippen LogP contribution in [0.25, 0.3) is 0 Å². The van der Waals surface area contributed by atoms with E-state index in [-0.39, 0.29) is 23.9 Å². The molecule has 0 spiro atoms. The van der Waals surface area contributed by atoms with Crippen molar-refractivity contribution in [1.29, 1.82) is 5.26 Å². The Morgan fingerprint density at radius 1 is 1.14 bits per heavy atom. The SMILES string of the molecule is CC1(OC(=O)N2CCC(COc3cnc(N4CCN(S(=O)(=O)CCCC#N)CC4)cn3)CC2)CC1. The van der Waals surface area contributed by atoms with Gasteiger partial charge in [0.2, 0.25) is 15.9 Å². The Morgan fingerprint density at radius 3 is 2.46 bits per heavy atom. The van der Waals surface area contributed by atoms with Crippen LogP contribution in [0.3, 0.4) is 0 Å². The van der Waals surface area contributed by atoms with Crippen LogP contribution >= 0.6 is 0 Å². The van der Waals surface area contributed by atoms with Crippen molar-refractivity contribution in [3.8, 4) is 11.9 Å². The molecular formula is C23H34N6O5S. The van der Waals surface area contributed by atoms with Crippen molar-refractivity contribution in [2.75, 3.05) is 56.5 Å². The molecule has 1 aromatic heterocycles. The molecule has 0 radical (unpaired) electrons. The second kappa shape index (κ2) is 11.0. The van der Waals surface area contributed by atoms with E-state index in [0.29, 0.717) is 69.9 Å². The average Bonchev–Trinajstić information content (AvgIpc) is 3.60. The highest BCUT2D eigenvalue weighted by Gasteiger charge is 2.43. The molecule has 0 bridgehead atoms. The van der Waals surface area contributed by atoms with E-state index < -0.39 is 10.0 Å². The van der Waals surface area contributed by atoms with Crippen LogP contribution in [-0.2, 0) is 14.8 Å². The Morgan fingerprint density at radius 2 is 1.86 bits per heavy atom. The van der Waals surface area contributed by atoms with Crippen molar-refractivity contribution in [2.45, 2.75) is 51.0 Å². The summed E-state index contributed by atoms with van der Waals surface area (Å²) >= 11 is 0. The van der Waals surface area contributed by atoms with Gasteiger partial charge in [0.1, 0.15) is 11.4 Å². The van der Waals surface area contributed by atoms with E-state index in [2.05, 4.69) is 9.97 Å². The lowest BCUT2D eigenvalue weighted by Gasteiger charge is -2.34. The number of amides is 1. The summed E-state index contributed by atoms with van der Waals surface area (Å²) in [7, 11) is -3.33. The number of anilines is 1. The summed E-state index contributed by atoms with van der Waals surface area (Å²) in [5, 5.41) is 8.61. The number of carbonyl (C=O) groups is 1. The average molecular weight is 507 g/mol. The molecule has 3 heterocycles. The van der Waals surface area contributed by atoms with Crippen LogP contribution in [0.2, 0.25) is 0 Å². The van der Waals surface area contributed by atoms with Crippen LogP contribution in [0.4, 0.5) is 10.6 Å². The van der Waals surface area contributed by atoms with Crippen LogP contribution < -0.4 is 9.64 Å². The van der Waals surface area contributed by atoms with Gasteiger partial charge in [-0.15, -0.1) is 0 Å². The summed E-state index contributed by atoms with van der Waals surface area (Å²) < 4.78 is 37.7. The van der Waals surface area contributed by atoms with E-state index in [1.807, 2.05) is 17.9 Å². The predicted molar refractivity (Wildman–Crippen MR) is 128 cm³/mol. The zero-order valence-corrected chi connectivity index (χ0v) is 21.1. The van der Waals surface area contributed by atoms with Crippen molar-refractivity contribution in [1.82, 2.24) is 19.2 Å². The van der Waals surface area contributed by atoms with Gasteiger partial charge in [0, 0.05) is 45.7 Å².